The van der Waals surface area contributed by atoms with Gasteiger partial charge in [0.2, 0.25) is 0 Å². The molecule has 0 spiro atoms. The van der Waals surface area contributed by atoms with Gasteiger partial charge >= 0.3 is 0 Å². The second kappa shape index (κ2) is 6.34. The van der Waals surface area contributed by atoms with Gasteiger partial charge < -0.3 is 0 Å². The summed E-state index contributed by atoms with van der Waals surface area (Å²) in [5, 5.41) is 9.26. The third kappa shape index (κ3) is 3.56. The second-order valence-electron chi connectivity index (χ2n) is 3.73. The van der Waals surface area contributed by atoms with E-state index in [0.717, 1.165) is 11.1 Å². The van der Waals surface area contributed by atoms with Gasteiger partial charge in [-0.05, 0) is 86.7 Å². The van der Waals surface area contributed by atoms with Crippen LogP contribution in [0.2, 0.25) is 0 Å². The summed E-state index contributed by atoms with van der Waals surface area (Å²) in [6, 6.07) is 18.3. The van der Waals surface area contributed by atoms with Crippen LogP contribution in [0.3, 0.4) is 0 Å². The number of allylic oxidation sites excluding steroid dienone is 1. The smallest absolute Gasteiger partial charge is 0.0998 e. The Hall–Kier alpha value is -0.870. The molecule has 1 nitrogen and oxygen atoms in total. The van der Waals surface area contributed by atoms with Gasteiger partial charge in [-0.1, -0.05) is 24.3 Å². The average molecular weight is 457 g/mol. The fourth-order valence-electron chi connectivity index (χ4n) is 1.57. The first-order valence-electron chi connectivity index (χ1n) is 5.32. The van der Waals surface area contributed by atoms with Gasteiger partial charge in [0.25, 0.3) is 0 Å². The summed E-state index contributed by atoms with van der Waals surface area (Å²) in [4.78, 5) is 0. The molecule has 0 aliphatic rings. The van der Waals surface area contributed by atoms with E-state index in [0.29, 0.717) is 5.57 Å². The number of hydrogen-bond acceptors (Lipinski definition) is 1. The Morgan fingerprint density at radius 1 is 1.00 bits per heavy atom. The van der Waals surface area contributed by atoms with Crippen molar-refractivity contribution in [2.45, 2.75) is 0 Å². The van der Waals surface area contributed by atoms with Crippen molar-refractivity contribution in [2.24, 2.45) is 0 Å². The minimum Gasteiger partial charge on any atom is -0.192 e. The largest absolute Gasteiger partial charge is 0.192 e. The van der Waals surface area contributed by atoms with Crippen LogP contribution < -0.4 is 0 Å². The van der Waals surface area contributed by atoms with E-state index in [1.54, 1.807) is 0 Å². The highest BCUT2D eigenvalue weighted by molar-refractivity contribution is 14.1. The van der Waals surface area contributed by atoms with Crippen LogP contribution in [0.5, 0.6) is 0 Å². The molecule has 0 saturated heterocycles. The molecular formula is C15H9I2N. The van der Waals surface area contributed by atoms with E-state index in [1.807, 2.05) is 48.5 Å². The van der Waals surface area contributed by atoms with Gasteiger partial charge in [0.05, 0.1) is 11.6 Å². The highest BCUT2D eigenvalue weighted by atomic mass is 127. The fourth-order valence-corrected chi connectivity index (χ4v) is 2.50. The Morgan fingerprint density at radius 3 is 2.33 bits per heavy atom. The Balaban J connectivity index is 2.40. The standard InChI is InChI=1S/C15H9I2N/c16-14-6-4-12(5-7-14)13(10-18)8-11-2-1-3-15(17)9-11/h1-9H/b13-8-. The lowest BCUT2D eigenvalue weighted by Gasteiger charge is -2.00. The maximum absolute atomic E-state index is 9.26. The molecule has 88 valence electrons. The number of hydrogen-bond donors (Lipinski definition) is 0. The molecule has 0 unspecified atom stereocenters. The van der Waals surface area contributed by atoms with E-state index >= 15 is 0 Å². The first kappa shape index (κ1) is 13.6. The number of halogens is 2. The summed E-state index contributed by atoms with van der Waals surface area (Å²) in [5.74, 6) is 0. The third-order valence-electron chi connectivity index (χ3n) is 2.44. The molecule has 0 aliphatic carbocycles. The van der Waals surface area contributed by atoms with Crippen molar-refractivity contribution < 1.29 is 0 Å². The van der Waals surface area contributed by atoms with Gasteiger partial charge in [0.1, 0.15) is 0 Å². The van der Waals surface area contributed by atoms with Crippen molar-refractivity contribution in [3.63, 3.8) is 0 Å². The fraction of sp³-hybridized carbons (Fsp3) is 0. The molecule has 0 atom stereocenters. The SMILES string of the molecule is N#C/C(=C/c1cccc(I)c1)c1ccc(I)cc1. The van der Waals surface area contributed by atoms with E-state index < -0.39 is 0 Å². The van der Waals surface area contributed by atoms with E-state index in [4.69, 9.17) is 0 Å². The molecule has 0 radical (unpaired) electrons. The van der Waals surface area contributed by atoms with Gasteiger partial charge in [0, 0.05) is 7.14 Å². The van der Waals surface area contributed by atoms with Crippen LogP contribution in [0.15, 0.2) is 48.5 Å². The molecule has 0 aromatic heterocycles. The van der Waals surface area contributed by atoms with E-state index in [-0.39, 0.29) is 0 Å². The molecule has 0 N–H and O–H groups in total. The van der Waals surface area contributed by atoms with Crippen molar-refractivity contribution >= 4 is 56.8 Å². The first-order chi connectivity index (χ1) is 8.69. The summed E-state index contributed by atoms with van der Waals surface area (Å²) in [7, 11) is 0. The average Bonchev–Trinajstić information content (AvgIpc) is 2.37. The van der Waals surface area contributed by atoms with Gasteiger partial charge in [-0.25, -0.2) is 0 Å². The zero-order chi connectivity index (χ0) is 13.0. The molecule has 2 rings (SSSR count). The van der Waals surface area contributed by atoms with Crippen LogP contribution in [-0.4, -0.2) is 0 Å². The van der Waals surface area contributed by atoms with Crippen molar-refractivity contribution in [2.75, 3.05) is 0 Å². The highest BCUT2D eigenvalue weighted by Gasteiger charge is 2.01. The third-order valence-corrected chi connectivity index (χ3v) is 3.83. The van der Waals surface area contributed by atoms with Crippen molar-refractivity contribution in [3.05, 3.63) is 66.8 Å². The minimum absolute atomic E-state index is 0.688. The maximum atomic E-state index is 9.26. The number of benzene rings is 2. The van der Waals surface area contributed by atoms with Crippen LogP contribution in [0.25, 0.3) is 11.6 Å². The molecule has 2 aromatic carbocycles. The van der Waals surface area contributed by atoms with Crippen LogP contribution in [0, 0.1) is 18.5 Å². The van der Waals surface area contributed by atoms with E-state index in [2.05, 4.69) is 57.3 Å². The van der Waals surface area contributed by atoms with Crippen LogP contribution in [-0.2, 0) is 0 Å². The maximum Gasteiger partial charge on any atom is 0.0998 e. The molecule has 0 bridgehead atoms. The monoisotopic (exact) mass is 457 g/mol. The zero-order valence-corrected chi connectivity index (χ0v) is 13.7. The second-order valence-corrected chi connectivity index (χ2v) is 6.22. The summed E-state index contributed by atoms with van der Waals surface area (Å²) < 4.78 is 2.34. The Morgan fingerprint density at radius 2 is 1.72 bits per heavy atom. The van der Waals surface area contributed by atoms with E-state index in [9.17, 15) is 5.26 Å². The number of nitrogens with zero attached hydrogens (tertiary/aromatic N) is 1. The molecule has 2 aromatic rings. The van der Waals surface area contributed by atoms with Gasteiger partial charge in [0.15, 0.2) is 0 Å². The van der Waals surface area contributed by atoms with Crippen LogP contribution in [0.4, 0.5) is 0 Å². The quantitative estimate of drug-likeness (QED) is 0.356. The molecular weight excluding hydrogens is 448 g/mol. The van der Waals surface area contributed by atoms with E-state index in [1.165, 1.54) is 7.14 Å². The highest BCUT2D eigenvalue weighted by Crippen LogP contribution is 2.19. The molecule has 0 aliphatic heterocycles. The van der Waals surface area contributed by atoms with Crippen molar-refractivity contribution in [1.29, 1.82) is 5.26 Å². The predicted octanol–water partition coefficient (Wildman–Crippen LogP) is 4.96. The summed E-state index contributed by atoms with van der Waals surface area (Å²) in [5.41, 5.74) is 2.70. The summed E-state index contributed by atoms with van der Waals surface area (Å²) in [6.45, 7) is 0. The predicted molar refractivity (Wildman–Crippen MR) is 91.8 cm³/mol. The zero-order valence-electron chi connectivity index (χ0n) is 9.40. The first-order valence-corrected chi connectivity index (χ1v) is 7.48. The van der Waals surface area contributed by atoms with Crippen LogP contribution in [0.1, 0.15) is 11.1 Å². The lowest BCUT2D eigenvalue weighted by atomic mass is 10.0. The Labute approximate surface area is 134 Å². The van der Waals surface area contributed by atoms with Crippen LogP contribution >= 0.6 is 45.2 Å². The number of rotatable bonds is 2. The van der Waals surface area contributed by atoms with Gasteiger partial charge in [-0.2, -0.15) is 5.26 Å². The molecule has 0 amide bonds. The lowest BCUT2D eigenvalue weighted by molar-refractivity contribution is 1.51. The summed E-state index contributed by atoms with van der Waals surface area (Å²) in [6.07, 6.45) is 1.92. The van der Waals surface area contributed by atoms with Gasteiger partial charge in [-0.15, -0.1) is 0 Å². The topological polar surface area (TPSA) is 23.8 Å². The summed E-state index contributed by atoms with van der Waals surface area (Å²) >= 11 is 4.53. The number of nitriles is 1. The molecule has 0 fully saturated rings. The van der Waals surface area contributed by atoms with Crippen molar-refractivity contribution in [3.8, 4) is 6.07 Å². The van der Waals surface area contributed by atoms with Gasteiger partial charge in [-0.3, -0.25) is 0 Å². The van der Waals surface area contributed by atoms with Crippen molar-refractivity contribution in [1.82, 2.24) is 0 Å². The molecule has 0 heterocycles. The Kier molecular flexibility index (Phi) is 4.78. The molecule has 0 saturated carbocycles. The molecule has 18 heavy (non-hydrogen) atoms. The lowest BCUT2D eigenvalue weighted by Crippen LogP contribution is -1.83. The minimum atomic E-state index is 0.688. The Bertz CT molecular complexity index is 622. The molecule has 3 heteroatoms. The normalized spacial score (nSPS) is 11.1.